The molecule has 0 unspecified atom stereocenters. The summed E-state index contributed by atoms with van der Waals surface area (Å²) in [6.45, 7) is 0. The van der Waals surface area contributed by atoms with E-state index in [9.17, 15) is 0 Å². The standard InChI is InChI=1S/C3H6O2S3/c6-1-4-3(8)5-2-7/h6-7H,1-2H2. The van der Waals surface area contributed by atoms with Gasteiger partial charge in [0.05, 0.1) is 0 Å². The normalized spacial score (nSPS) is 8.25. The van der Waals surface area contributed by atoms with E-state index in [-0.39, 0.29) is 17.1 Å². The first-order chi connectivity index (χ1) is 3.81. The van der Waals surface area contributed by atoms with Crippen molar-refractivity contribution in [2.75, 3.05) is 11.9 Å². The van der Waals surface area contributed by atoms with E-state index in [2.05, 4.69) is 46.9 Å². The summed E-state index contributed by atoms with van der Waals surface area (Å²) in [5.41, 5.74) is 0. The zero-order valence-electron chi connectivity index (χ0n) is 4.03. The van der Waals surface area contributed by atoms with Crippen molar-refractivity contribution in [1.82, 2.24) is 0 Å². The van der Waals surface area contributed by atoms with Crippen molar-refractivity contribution in [3.8, 4) is 0 Å². The molecule has 0 atom stereocenters. The van der Waals surface area contributed by atoms with Gasteiger partial charge in [0.25, 0.3) is 0 Å². The minimum atomic E-state index is 0.0926. The molecule has 2 nitrogen and oxygen atoms in total. The van der Waals surface area contributed by atoms with Crippen LogP contribution in [0.15, 0.2) is 0 Å². The van der Waals surface area contributed by atoms with Gasteiger partial charge in [0.2, 0.25) is 0 Å². The van der Waals surface area contributed by atoms with Gasteiger partial charge in [0.1, 0.15) is 11.9 Å². The largest absolute Gasteiger partial charge is 0.446 e. The first-order valence-electron chi connectivity index (χ1n) is 1.82. The summed E-state index contributed by atoms with van der Waals surface area (Å²) in [5.74, 6) is 0.485. The lowest BCUT2D eigenvalue weighted by molar-refractivity contribution is 0.240. The van der Waals surface area contributed by atoms with Gasteiger partial charge < -0.3 is 9.47 Å². The lowest BCUT2D eigenvalue weighted by atomic mass is 11.3. The molecule has 0 spiro atoms. The van der Waals surface area contributed by atoms with Crippen molar-refractivity contribution in [2.45, 2.75) is 0 Å². The molecule has 0 fully saturated rings. The highest BCUT2D eigenvalue weighted by molar-refractivity contribution is 7.81. The Morgan fingerprint density at radius 3 is 1.88 bits per heavy atom. The highest BCUT2D eigenvalue weighted by atomic mass is 32.1. The topological polar surface area (TPSA) is 18.5 Å². The predicted octanol–water partition coefficient (Wildman–Crippen LogP) is 1.08. The fourth-order valence-corrected chi connectivity index (χ4v) is 0.674. The Balaban J connectivity index is 3.06. The van der Waals surface area contributed by atoms with Gasteiger partial charge in [-0.1, -0.05) is 0 Å². The summed E-state index contributed by atoms with van der Waals surface area (Å²) in [5, 5.41) is 0.0926. The maximum Gasteiger partial charge on any atom is 0.353 e. The van der Waals surface area contributed by atoms with Crippen molar-refractivity contribution < 1.29 is 9.47 Å². The molecule has 0 N–H and O–H groups in total. The molecule has 0 heterocycles. The van der Waals surface area contributed by atoms with Gasteiger partial charge in [0, 0.05) is 12.2 Å². The van der Waals surface area contributed by atoms with Gasteiger partial charge in [-0.25, -0.2) is 0 Å². The summed E-state index contributed by atoms with van der Waals surface area (Å²) in [6, 6.07) is 0. The van der Waals surface area contributed by atoms with Crippen molar-refractivity contribution in [2.24, 2.45) is 0 Å². The van der Waals surface area contributed by atoms with Crippen LogP contribution in [-0.2, 0) is 9.47 Å². The third kappa shape index (κ3) is 4.55. The molecular formula is C3H6O2S3. The average Bonchev–Trinajstić information content (AvgIpc) is 1.68. The zero-order chi connectivity index (χ0) is 6.41. The van der Waals surface area contributed by atoms with Crippen LogP contribution in [0.2, 0.25) is 0 Å². The number of thiol groups is 2. The maximum absolute atomic E-state index is 4.61. The van der Waals surface area contributed by atoms with Crippen LogP contribution >= 0.6 is 37.5 Å². The van der Waals surface area contributed by atoms with Crippen LogP contribution in [0.5, 0.6) is 0 Å². The summed E-state index contributed by atoms with van der Waals surface area (Å²) < 4.78 is 9.21. The molecule has 0 aromatic rings. The van der Waals surface area contributed by atoms with Crippen LogP contribution in [0, 0.1) is 0 Å². The van der Waals surface area contributed by atoms with Crippen LogP contribution < -0.4 is 0 Å². The third-order valence-electron chi connectivity index (χ3n) is 0.365. The molecule has 0 saturated carbocycles. The van der Waals surface area contributed by atoms with Crippen molar-refractivity contribution >= 4 is 42.7 Å². The van der Waals surface area contributed by atoms with Gasteiger partial charge in [0.15, 0.2) is 0 Å². The van der Waals surface area contributed by atoms with Crippen LogP contribution in [0.1, 0.15) is 0 Å². The van der Waals surface area contributed by atoms with E-state index in [1.807, 2.05) is 0 Å². The first kappa shape index (κ1) is 8.39. The molecule has 8 heavy (non-hydrogen) atoms. The molecule has 0 rings (SSSR count). The highest BCUT2D eigenvalue weighted by Gasteiger charge is 1.90. The number of hydrogen-bond acceptors (Lipinski definition) is 5. The average molecular weight is 170 g/mol. The molecule has 0 amide bonds. The second-order valence-electron chi connectivity index (χ2n) is 0.797. The van der Waals surface area contributed by atoms with Crippen LogP contribution in [0.25, 0.3) is 0 Å². The Morgan fingerprint density at radius 2 is 1.62 bits per heavy atom. The van der Waals surface area contributed by atoms with Crippen molar-refractivity contribution in [1.29, 1.82) is 0 Å². The fraction of sp³-hybridized carbons (Fsp3) is 0.667. The smallest absolute Gasteiger partial charge is 0.353 e. The van der Waals surface area contributed by atoms with Gasteiger partial charge in [-0.2, -0.15) is 0 Å². The van der Waals surface area contributed by atoms with E-state index in [4.69, 9.17) is 0 Å². The number of thiocarbonyl (C=S) groups is 1. The lowest BCUT2D eigenvalue weighted by Crippen LogP contribution is -2.03. The second kappa shape index (κ2) is 5.53. The summed E-state index contributed by atoms with van der Waals surface area (Å²) in [7, 11) is 0. The van der Waals surface area contributed by atoms with E-state index in [0.717, 1.165) is 0 Å². The van der Waals surface area contributed by atoms with Crippen LogP contribution in [0.3, 0.4) is 0 Å². The first-order valence-corrected chi connectivity index (χ1v) is 3.50. The monoisotopic (exact) mass is 170 g/mol. The molecule has 48 valence electrons. The highest BCUT2D eigenvalue weighted by Crippen LogP contribution is 1.88. The Morgan fingerprint density at radius 1 is 1.25 bits per heavy atom. The third-order valence-corrected chi connectivity index (χ3v) is 0.859. The summed E-state index contributed by atoms with van der Waals surface area (Å²) >= 11 is 12.0. The second-order valence-corrected chi connectivity index (χ2v) is 1.65. The Kier molecular flexibility index (Phi) is 5.79. The zero-order valence-corrected chi connectivity index (χ0v) is 6.64. The van der Waals surface area contributed by atoms with E-state index in [1.54, 1.807) is 0 Å². The summed E-state index contributed by atoms with van der Waals surface area (Å²) in [4.78, 5) is 0. The molecule has 0 aliphatic rings. The molecule has 5 heteroatoms. The molecule has 0 aromatic heterocycles. The van der Waals surface area contributed by atoms with Crippen LogP contribution in [0.4, 0.5) is 0 Å². The maximum atomic E-state index is 4.61. The van der Waals surface area contributed by atoms with Crippen LogP contribution in [-0.4, -0.2) is 17.1 Å². The Labute approximate surface area is 64.4 Å². The Bertz CT molecular complexity index is 66.9. The number of hydrogen-bond donors (Lipinski definition) is 2. The molecular weight excluding hydrogens is 164 g/mol. The minimum absolute atomic E-state index is 0.0926. The fourth-order valence-electron chi connectivity index (χ4n) is 0.147. The van der Waals surface area contributed by atoms with Gasteiger partial charge in [-0.3, -0.25) is 0 Å². The molecule has 0 radical (unpaired) electrons. The van der Waals surface area contributed by atoms with Gasteiger partial charge in [-0.15, -0.1) is 25.3 Å². The number of rotatable bonds is 2. The van der Waals surface area contributed by atoms with Gasteiger partial charge >= 0.3 is 5.24 Å². The Hall–Kier alpha value is 0.390. The van der Waals surface area contributed by atoms with Crippen molar-refractivity contribution in [3.05, 3.63) is 0 Å². The minimum Gasteiger partial charge on any atom is -0.446 e. The van der Waals surface area contributed by atoms with E-state index < -0.39 is 0 Å². The molecule has 0 bridgehead atoms. The van der Waals surface area contributed by atoms with E-state index in [1.165, 1.54) is 0 Å². The van der Waals surface area contributed by atoms with Crippen molar-refractivity contribution in [3.63, 3.8) is 0 Å². The predicted molar refractivity (Wildman–Crippen MR) is 42.5 cm³/mol. The van der Waals surface area contributed by atoms with E-state index in [0.29, 0.717) is 0 Å². The van der Waals surface area contributed by atoms with Gasteiger partial charge in [-0.05, 0) is 0 Å². The molecule has 0 aliphatic heterocycles. The number of ether oxygens (including phenoxy) is 2. The lowest BCUT2D eigenvalue weighted by Gasteiger charge is -2.01. The van der Waals surface area contributed by atoms with E-state index >= 15 is 0 Å². The molecule has 0 aliphatic carbocycles. The quantitative estimate of drug-likeness (QED) is 0.367. The summed E-state index contributed by atoms with van der Waals surface area (Å²) in [6.07, 6.45) is 0. The molecule has 0 saturated heterocycles. The molecule has 0 aromatic carbocycles. The SMILES string of the molecule is S=C(OCS)OCS.